The SMILES string of the molecule is CCOC(=O)COc1ccc2c(c1)/C(=N\NC(=S)Nc1cccc(OC)c1)C[C@@](C)(c1cccnc1)O2. The van der Waals surface area contributed by atoms with E-state index in [2.05, 4.69) is 20.8 Å². The first-order chi connectivity index (χ1) is 17.9. The fourth-order valence-electron chi connectivity index (χ4n) is 3.87. The number of methoxy groups -OCH3 is 1. The van der Waals surface area contributed by atoms with E-state index >= 15 is 0 Å². The van der Waals surface area contributed by atoms with E-state index in [1.54, 1.807) is 44.6 Å². The number of hydrogen-bond acceptors (Lipinski definition) is 8. The lowest BCUT2D eigenvalue weighted by molar-refractivity contribution is -0.145. The normalized spacial score (nSPS) is 17.2. The number of benzene rings is 2. The smallest absolute Gasteiger partial charge is 0.344 e. The maximum absolute atomic E-state index is 11.7. The number of rotatable bonds is 8. The van der Waals surface area contributed by atoms with Gasteiger partial charge in [-0.25, -0.2) is 4.79 Å². The summed E-state index contributed by atoms with van der Waals surface area (Å²) < 4.78 is 22.3. The molecule has 2 heterocycles. The van der Waals surface area contributed by atoms with Gasteiger partial charge in [0.25, 0.3) is 0 Å². The van der Waals surface area contributed by atoms with Crippen molar-refractivity contribution >= 4 is 34.7 Å². The third kappa shape index (κ3) is 6.53. The van der Waals surface area contributed by atoms with Gasteiger partial charge in [-0.1, -0.05) is 12.1 Å². The molecule has 0 saturated carbocycles. The first-order valence-corrected chi connectivity index (χ1v) is 12.1. The Morgan fingerprint density at radius 3 is 2.81 bits per heavy atom. The first-order valence-electron chi connectivity index (χ1n) is 11.7. The standard InChI is InChI=1S/C27H28N4O5S/c1-4-34-25(32)17-35-21-10-11-24-22(14-21)23(15-27(2,36-24)18-7-6-12-28-16-18)30-31-26(37)29-19-8-5-9-20(13-19)33-3/h5-14,16H,4,15,17H2,1-3H3,(H2,29,31,37)/b30-23-/t27-/m0/s1. The van der Waals surface area contributed by atoms with Gasteiger partial charge in [-0.3, -0.25) is 10.4 Å². The number of ether oxygens (including phenoxy) is 4. The van der Waals surface area contributed by atoms with Gasteiger partial charge >= 0.3 is 5.97 Å². The van der Waals surface area contributed by atoms with Gasteiger partial charge in [0.2, 0.25) is 0 Å². The third-order valence-corrected chi connectivity index (χ3v) is 5.85. The highest BCUT2D eigenvalue weighted by molar-refractivity contribution is 7.80. The number of esters is 1. The van der Waals surface area contributed by atoms with Crippen LogP contribution >= 0.6 is 12.2 Å². The number of thiocarbonyl (C=S) groups is 1. The lowest BCUT2D eigenvalue weighted by Crippen LogP contribution is -2.38. The molecular formula is C27H28N4O5S. The summed E-state index contributed by atoms with van der Waals surface area (Å²) in [4.78, 5) is 16.0. The highest BCUT2D eigenvalue weighted by Gasteiger charge is 2.37. The molecule has 3 aromatic rings. The molecule has 1 aliphatic rings. The maximum Gasteiger partial charge on any atom is 0.344 e. The minimum atomic E-state index is -0.711. The summed E-state index contributed by atoms with van der Waals surface area (Å²) in [7, 11) is 1.61. The van der Waals surface area contributed by atoms with Gasteiger partial charge in [0.05, 0.1) is 19.4 Å². The summed E-state index contributed by atoms with van der Waals surface area (Å²) in [6, 6.07) is 16.6. The Kier molecular flexibility index (Phi) is 8.19. The van der Waals surface area contributed by atoms with E-state index in [9.17, 15) is 4.79 Å². The fourth-order valence-corrected chi connectivity index (χ4v) is 4.03. The number of aromatic nitrogens is 1. The Morgan fingerprint density at radius 1 is 1.19 bits per heavy atom. The lowest BCUT2D eigenvalue weighted by atomic mass is 9.86. The van der Waals surface area contributed by atoms with Crippen molar-refractivity contribution in [2.75, 3.05) is 25.6 Å². The zero-order chi connectivity index (χ0) is 26.3. The van der Waals surface area contributed by atoms with Crippen molar-refractivity contribution in [3.63, 3.8) is 0 Å². The average Bonchev–Trinajstić information content (AvgIpc) is 2.91. The van der Waals surface area contributed by atoms with Crippen molar-refractivity contribution in [3.05, 3.63) is 78.1 Å². The number of hydrogen-bond donors (Lipinski definition) is 2. The number of carbonyl (C=O) groups excluding carboxylic acids is 1. The molecule has 1 aliphatic heterocycles. The molecule has 37 heavy (non-hydrogen) atoms. The quantitative estimate of drug-likeness (QED) is 0.254. The maximum atomic E-state index is 11.7. The Balaban J connectivity index is 1.59. The average molecular weight is 521 g/mol. The molecule has 0 radical (unpaired) electrons. The highest BCUT2D eigenvalue weighted by Crippen LogP contribution is 2.40. The minimum absolute atomic E-state index is 0.194. The van der Waals surface area contributed by atoms with E-state index in [0.29, 0.717) is 41.1 Å². The molecule has 0 saturated heterocycles. The second kappa shape index (κ2) is 11.7. The van der Waals surface area contributed by atoms with Crippen LogP contribution in [0.5, 0.6) is 17.2 Å². The van der Waals surface area contributed by atoms with Crippen LogP contribution in [0.15, 0.2) is 72.1 Å². The van der Waals surface area contributed by atoms with Crippen LogP contribution in [0.3, 0.4) is 0 Å². The van der Waals surface area contributed by atoms with Gasteiger partial charge in [0.15, 0.2) is 11.7 Å². The molecule has 0 fully saturated rings. The summed E-state index contributed by atoms with van der Waals surface area (Å²) in [6.07, 6.45) is 3.93. The molecule has 0 aliphatic carbocycles. The lowest BCUT2D eigenvalue weighted by Gasteiger charge is -2.36. The van der Waals surface area contributed by atoms with Crippen LogP contribution in [0.2, 0.25) is 0 Å². The summed E-state index contributed by atoms with van der Waals surface area (Å²) in [5.74, 6) is 1.38. The van der Waals surface area contributed by atoms with Gasteiger partial charge in [0.1, 0.15) is 22.8 Å². The monoisotopic (exact) mass is 520 g/mol. The van der Waals surface area contributed by atoms with E-state index in [4.69, 9.17) is 31.2 Å². The summed E-state index contributed by atoms with van der Waals surface area (Å²) in [5.41, 5.74) is 5.32. The molecule has 0 spiro atoms. The molecule has 0 unspecified atom stereocenters. The van der Waals surface area contributed by atoms with E-state index in [-0.39, 0.29) is 6.61 Å². The minimum Gasteiger partial charge on any atom is -0.497 e. The second-order valence-electron chi connectivity index (χ2n) is 8.36. The van der Waals surface area contributed by atoms with Gasteiger partial charge < -0.3 is 24.3 Å². The van der Waals surface area contributed by atoms with Crippen molar-refractivity contribution in [2.24, 2.45) is 5.10 Å². The Morgan fingerprint density at radius 2 is 2.05 bits per heavy atom. The number of fused-ring (bicyclic) bond motifs is 1. The molecule has 2 N–H and O–H groups in total. The van der Waals surface area contributed by atoms with E-state index in [0.717, 1.165) is 16.8 Å². The Labute approximate surface area is 220 Å². The molecule has 2 aromatic carbocycles. The molecular weight excluding hydrogens is 492 g/mol. The third-order valence-electron chi connectivity index (χ3n) is 5.66. The molecule has 1 aromatic heterocycles. The van der Waals surface area contributed by atoms with Crippen LogP contribution in [-0.4, -0.2) is 42.1 Å². The summed E-state index contributed by atoms with van der Waals surface area (Å²) >= 11 is 5.47. The number of pyridine rings is 1. The van der Waals surface area contributed by atoms with Crippen LogP contribution in [0.4, 0.5) is 5.69 Å². The Bertz CT molecular complexity index is 1300. The van der Waals surface area contributed by atoms with Crippen LogP contribution in [0.25, 0.3) is 0 Å². The largest absolute Gasteiger partial charge is 0.497 e. The van der Waals surface area contributed by atoms with E-state index in [1.165, 1.54) is 0 Å². The second-order valence-corrected chi connectivity index (χ2v) is 8.77. The van der Waals surface area contributed by atoms with Gasteiger partial charge in [-0.05, 0) is 62.5 Å². The van der Waals surface area contributed by atoms with Crippen molar-refractivity contribution < 1.29 is 23.7 Å². The highest BCUT2D eigenvalue weighted by atomic mass is 32.1. The molecule has 0 amide bonds. The van der Waals surface area contributed by atoms with Crippen LogP contribution in [-0.2, 0) is 15.1 Å². The molecule has 192 valence electrons. The van der Waals surface area contributed by atoms with Crippen LogP contribution in [0.1, 0.15) is 31.4 Å². The predicted octanol–water partition coefficient (Wildman–Crippen LogP) is 4.42. The van der Waals surface area contributed by atoms with Gasteiger partial charge in [0, 0.05) is 41.7 Å². The number of carbonyl (C=O) groups is 1. The van der Waals surface area contributed by atoms with Crippen LogP contribution in [0, 0.1) is 0 Å². The van der Waals surface area contributed by atoms with E-state index < -0.39 is 11.6 Å². The predicted molar refractivity (Wildman–Crippen MR) is 144 cm³/mol. The zero-order valence-corrected chi connectivity index (χ0v) is 21.6. The van der Waals surface area contributed by atoms with Crippen LogP contribution < -0.4 is 25.0 Å². The molecule has 10 heteroatoms. The molecule has 1 atom stereocenters. The van der Waals surface area contributed by atoms with Crippen molar-refractivity contribution in [3.8, 4) is 17.2 Å². The zero-order valence-electron chi connectivity index (χ0n) is 20.8. The summed E-state index contributed by atoms with van der Waals surface area (Å²) in [6.45, 7) is 3.83. The Hall–Kier alpha value is -4.18. The van der Waals surface area contributed by atoms with Gasteiger partial charge in [-0.2, -0.15) is 5.10 Å². The topological polar surface area (TPSA) is 103 Å². The van der Waals surface area contributed by atoms with Gasteiger partial charge in [-0.15, -0.1) is 0 Å². The molecule has 9 nitrogen and oxygen atoms in total. The fraction of sp³-hybridized carbons (Fsp3) is 0.259. The van der Waals surface area contributed by atoms with Crippen molar-refractivity contribution in [1.82, 2.24) is 10.4 Å². The molecule has 4 rings (SSSR count). The molecule has 0 bridgehead atoms. The van der Waals surface area contributed by atoms with E-state index in [1.807, 2.05) is 43.3 Å². The summed E-state index contributed by atoms with van der Waals surface area (Å²) in [5, 5.41) is 8.05. The first kappa shape index (κ1) is 25.9. The number of hydrazone groups is 1. The number of nitrogens with zero attached hydrogens (tertiary/aromatic N) is 2. The van der Waals surface area contributed by atoms with Crippen molar-refractivity contribution in [2.45, 2.75) is 25.9 Å². The number of nitrogens with one attached hydrogen (secondary N) is 2. The van der Waals surface area contributed by atoms with Crippen molar-refractivity contribution in [1.29, 1.82) is 0 Å². The number of anilines is 1.